The highest BCUT2D eigenvalue weighted by Gasteiger charge is 2.40. The summed E-state index contributed by atoms with van der Waals surface area (Å²) in [6.45, 7) is 5.84. The Labute approximate surface area is 95.1 Å². The average Bonchev–Trinajstić information content (AvgIpc) is 2.40. The zero-order valence-electron chi connectivity index (χ0n) is 9.16. The molecule has 3 heteroatoms. The Morgan fingerprint density at radius 3 is 2.40 bits per heavy atom. The molecule has 1 heterocycles. The van der Waals surface area contributed by atoms with E-state index in [-0.39, 0.29) is 12.2 Å². The number of hydrogen-bond acceptors (Lipinski definition) is 2. The molecule has 2 atom stereocenters. The van der Waals surface area contributed by atoms with Crippen molar-refractivity contribution in [2.75, 3.05) is 0 Å². The molecule has 0 bridgehead atoms. The molecule has 15 heavy (non-hydrogen) atoms. The molecule has 1 aromatic carbocycles. The van der Waals surface area contributed by atoms with E-state index in [9.17, 15) is 0 Å². The van der Waals surface area contributed by atoms with Crippen molar-refractivity contribution in [3.05, 3.63) is 34.9 Å². The van der Waals surface area contributed by atoms with Crippen LogP contribution in [0.25, 0.3) is 0 Å². The fourth-order valence-electron chi connectivity index (χ4n) is 1.96. The molecule has 1 aliphatic rings. The van der Waals surface area contributed by atoms with Gasteiger partial charge in [0.1, 0.15) is 6.10 Å². The van der Waals surface area contributed by atoms with Crippen molar-refractivity contribution in [2.45, 2.75) is 38.8 Å². The summed E-state index contributed by atoms with van der Waals surface area (Å²) in [5.74, 6) is -0.525. The van der Waals surface area contributed by atoms with Crippen LogP contribution in [-0.4, -0.2) is 11.9 Å². The molecule has 1 saturated heterocycles. The Kier molecular flexibility index (Phi) is 2.75. The predicted octanol–water partition coefficient (Wildman–Crippen LogP) is 3.55. The lowest BCUT2D eigenvalue weighted by Gasteiger charge is -2.17. The van der Waals surface area contributed by atoms with E-state index in [2.05, 4.69) is 0 Å². The van der Waals surface area contributed by atoms with Crippen molar-refractivity contribution in [3.63, 3.8) is 0 Å². The van der Waals surface area contributed by atoms with E-state index in [4.69, 9.17) is 21.1 Å². The molecule has 82 valence electrons. The van der Waals surface area contributed by atoms with Crippen molar-refractivity contribution in [2.24, 2.45) is 0 Å². The monoisotopic (exact) mass is 226 g/mol. The first-order chi connectivity index (χ1) is 6.99. The SMILES string of the molecule is CC1OC(C)(C)OC1c1ccccc1Cl. The van der Waals surface area contributed by atoms with Crippen LogP contribution in [-0.2, 0) is 9.47 Å². The summed E-state index contributed by atoms with van der Waals surface area (Å²) in [5.41, 5.74) is 0.997. The second-order valence-electron chi connectivity index (χ2n) is 4.28. The third-order valence-electron chi connectivity index (χ3n) is 2.52. The highest BCUT2D eigenvalue weighted by molar-refractivity contribution is 6.31. The first kappa shape index (κ1) is 10.9. The lowest BCUT2D eigenvalue weighted by molar-refractivity contribution is -0.145. The second kappa shape index (κ2) is 3.78. The standard InChI is InChI=1S/C12H15ClO2/c1-8-11(15-12(2,3)14-8)9-6-4-5-7-10(9)13/h4-8,11H,1-3H3. The maximum absolute atomic E-state index is 6.13. The van der Waals surface area contributed by atoms with Gasteiger partial charge in [-0.05, 0) is 26.8 Å². The molecule has 2 unspecified atom stereocenters. The van der Waals surface area contributed by atoms with Crippen LogP contribution in [0.1, 0.15) is 32.4 Å². The van der Waals surface area contributed by atoms with E-state index in [1.807, 2.05) is 45.0 Å². The van der Waals surface area contributed by atoms with Crippen LogP contribution < -0.4 is 0 Å². The van der Waals surface area contributed by atoms with E-state index in [1.54, 1.807) is 0 Å². The Morgan fingerprint density at radius 2 is 1.87 bits per heavy atom. The van der Waals surface area contributed by atoms with Crippen LogP contribution in [0.4, 0.5) is 0 Å². The van der Waals surface area contributed by atoms with Crippen LogP contribution in [0.15, 0.2) is 24.3 Å². The molecule has 1 aromatic rings. The molecule has 0 amide bonds. The van der Waals surface area contributed by atoms with Crippen molar-refractivity contribution < 1.29 is 9.47 Å². The number of benzene rings is 1. The molecule has 0 aliphatic carbocycles. The lowest BCUT2D eigenvalue weighted by Crippen LogP contribution is -2.20. The van der Waals surface area contributed by atoms with E-state index in [1.165, 1.54) is 0 Å². The van der Waals surface area contributed by atoms with Gasteiger partial charge in [-0.1, -0.05) is 29.8 Å². The zero-order chi connectivity index (χ0) is 11.1. The zero-order valence-corrected chi connectivity index (χ0v) is 9.91. The molecular weight excluding hydrogens is 212 g/mol. The number of ether oxygens (including phenoxy) is 2. The molecule has 2 rings (SSSR count). The van der Waals surface area contributed by atoms with Gasteiger partial charge in [-0.15, -0.1) is 0 Å². The molecule has 0 saturated carbocycles. The Morgan fingerprint density at radius 1 is 1.20 bits per heavy atom. The first-order valence-corrected chi connectivity index (χ1v) is 5.47. The number of hydrogen-bond donors (Lipinski definition) is 0. The smallest absolute Gasteiger partial charge is 0.164 e. The third-order valence-corrected chi connectivity index (χ3v) is 2.86. The van der Waals surface area contributed by atoms with Crippen LogP contribution in [0.2, 0.25) is 5.02 Å². The van der Waals surface area contributed by atoms with Gasteiger partial charge in [0.25, 0.3) is 0 Å². The van der Waals surface area contributed by atoms with Crippen LogP contribution >= 0.6 is 11.6 Å². The highest BCUT2D eigenvalue weighted by atomic mass is 35.5. The van der Waals surface area contributed by atoms with Crippen molar-refractivity contribution in [1.29, 1.82) is 0 Å². The van der Waals surface area contributed by atoms with Gasteiger partial charge in [-0.2, -0.15) is 0 Å². The van der Waals surface area contributed by atoms with Gasteiger partial charge < -0.3 is 9.47 Å². The third kappa shape index (κ3) is 2.17. The summed E-state index contributed by atoms with van der Waals surface area (Å²) in [6.07, 6.45) is -0.0476. The van der Waals surface area contributed by atoms with E-state index >= 15 is 0 Å². The van der Waals surface area contributed by atoms with Crippen LogP contribution in [0.3, 0.4) is 0 Å². The molecule has 1 fully saturated rings. The maximum atomic E-state index is 6.13. The van der Waals surface area contributed by atoms with Crippen molar-refractivity contribution in [1.82, 2.24) is 0 Å². The first-order valence-electron chi connectivity index (χ1n) is 5.10. The van der Waals surface area contributed by atoms with Gasteiger partial charge in [-0.3, -0.25) is 0 Å². The lowest BCUT2D eigenvalue weighted by atomic mass is 10.1. The van der Waals surface area contributed by atoms with Crippen molar-refractivity contribution in [3.8, 4) is 0 Å². The molecular formula is C12H15ClO2. The Balaban J connectivity index is 2.29. The summed E-state index contributed by atoms with van der Waals surface area (Å²) in [6, 6.07) is 7.73. The predicted molar refractivity (Wildman–Crippen MR) is 59.9 cm³/mol. The van der Waals surface area contributed by atoms with Gasteiger partial charge in [0, 0.05) is 10.6 Å². The summed E-state index contributed by atoms with van der Waals surface area (Å²) < 4.78 is 11.5. The van der Waals surface area contributed by atoms with Crippen molar-refractivity contribution >= 4 is 11.6 Å². The van der Waals surface area contributed by atoms with Crippen LogP contribution in [0, 0.1) is 0 Å². The average molecular weight is 227 g/mol. The second-order valence-corrected chi connectivity index (χ2v) is 4.69. The minimum atomic E-state index is -0.525. The quantitative estimate of drug-likeness (QED) is 0.729. The normalized spacial score (nSPS) is 29.3. The topological polar surface area (TPSA) is 18.5 Å². The molecule has 1 aliphatic heterocycles. The molecule has 0 aromatic heterocycles. The van der Waals surface area contributed by atoms with Gasteiger partial charge in [0.15, 0.2) is 5.79 Å². The molecule has 0 spiro atoms. The summed E-state index contributed by atoms with van der Waals surface area (Å²) in [5, 5.41) is 0.732. The fraction of sp³-hybridized carbons (Fsp3) is 0.500. The summed E-state index contributed by atoms with van der Waals surface area (Å²) >= 11 is 6.13. The summed E-state index contributed by atoms with van der Waals surface area (Å²) in [4.78, 5) is 0. The maximum Gasteiger partial charge on any atom is 0.164 e. The van der Waals surface area contributed by atoms with E-state index < -0.39 is 5.79 Å². The van der Waals surface area contributed by atoms with Gasteiger partial charge in [0.2, 0.25) is 0 Å². The van der Waals surface area contributed by atoms with Gasteiger partial charge in [0.05, 0.1) is 6.10 Å². The Hall–Kier alpha value is -0.570. The molecule has 2 nitrogen and oxygen atoms in total. The van der Waals surface area contributed by atoms with Gasteiger partial charge >= 0.3 is 0 Å². The molecule has 0 radical (unpaired) electrons. The largest absolute Gasteiger partial charge is 0.344 e. The Bertz CT molecular complexity index is 362. The minimum Gasteiger partial charge on any atom is -0.344 e. The highest BCUT2D eigenvalue weighted by Crippen LogP contribution is 2.40. The van der Waals surface area contributed by atoms with Crippen LogP contribution in [0.5, 0.6) is 0 Å². The van der Waals surface area contributed by atoms with E-state index in [0.717, 1.165) is 10.6 Å². The number of rotatable bonds is 1. The van der Waals surface area contributed by atoms with Gasteiger partial charge in [-0.25, -0.2) is 0 Å². The summed E-state index contributed by atoms with van der Waals surface area (Å²) in [7, 11) is 0. The van der Waals surface area contributed by atoms with E-state index in [0.29, 0.717) is 0 Å². The minimum absolute atomic E-state index is 0.0277. The fourth-order valence-corrected chi connectivity index (χ4v) is 2.20. The number of halogens is 1. The molecule has 0 N–H and O–H groups in total.